The molecule has 0 atom stereocenters. The van der Waals surface area contributed by atoms with Gasteiger partial charge in [0, 0.05) is 25.2 Å². The van der Waals surface area contributed by atoms with Crippen LogP contribution in [0.1, 0.15) is 40.5 Å². The standard InChI is InChI=1S/C22H25N5O2/c1-15-12-20(26-29-15)25-22(28)19-14-21(24-16(2)23-19)27-10-8-18(9-11-27)13-17-6-4-3-5-7-17/h3-7,12,14,18H,8-11,13H2,1-2H3,(H,25,26,28). The molecule has 0 unspecified atom stereocenters. The smallest absolute Gasteiger partial charge is 0.275 e. The van der Waals surface area contributed by atoms with Crippen molar-refractivity contribution in [1.29, 1.82) is 0 Å². The summed E-state index contributed by atoms with van der Waals surface area (Å²) in [5.74, 6) is 2.76. The van der Waals surface area contributed by atoms with Gasteiger partial charge in [-0.15, -0.1) is 0 Å². The fourth-order valence-corrected chi connectivity index (χ4v) is 3.75. The van der Waals surface area contributed by atoms with Gasteiger partial charge in [0.25, 0.3) is 5.91 Å². The van der Waals surface area contributed by atoms with E-state index in [2.05, 4.69) is 55.7 Å². The van der Waals surface area contributed by atoms with E-state index in [1.807, 2.05) is 6.92 Å². The number of carbonyl (C=O) groups excluding carboxylic acids is 1. The van der Waals surface area contributed by atoms with Crippen molar-refractivity contribution in [3.63, 3.8) is 0 Å². The Balaban J connectivity index is 1.40. The molecule has 150 valence electrons. The maximum absolute atomic E-state index is 12.6. The van der Waals surface area contributed by atoms with Crippen molar-refractivity contribution in [3.8, 4) is 0 Å². The molecule has 2 aromatic heterocycles. The minimum absolute atomic E-state index is 0.316. The molecule has 3 heterocycles. The molecule has 29 heavy (non-hydrogen) atoms. The maximum atomic E-state index is 12.6. The lowest BCUT2D eigenvalue weighted by Gasteiger charge is -2.33. The van der Waals surface area contributed by atoms with Crippen molar-refractivity contribution in [2.24, 2.45) is 5.92 Å². The topological polar surface area (TPSA) is 84.2 Å². The minimum Gasteiger partial charge on any atom is -0.360 e. The summed E-state index contributed by atoms with van der Waals surface area (Å²) >= 11 is 0. The van der Waals surface area contributed by atoms with Gasteiger partial charge < -0.3 is 14.7 Å². The summed E-state index contributed by atoms with van der Waals surface area (Å²) < 4.78 is 4.99. The quantitative estimate of drug-likeness (QED) is 0.712. The van der Waals surface area contributed by atoms with Crippen LogP contribution < -0.4 is 10.2 Å². The van der Waals surface area contributed by atoms with Crippen LogP contribution in [0.2, 0.25) is 0 Å². The molecule has 1 saturated heterocycles. The van der Waals surface area contributed by atoms with Crippen molar-refractivity contribution in [1.82, 2.24) is 15.1 Å². The molecule has 7 nitrogen and oxygen atoms in total. The van der Waals surface area contributed by atoms with E-state index >= 15 is 0 Å². The Morgan fingerprint density at radius 3 is 2.59 bits per heavy atom. The lowest BCUT2D eigenvalue weighted by Crippen LogP contribution is -2.35. The van der Waals surface area contributed by atoms with Crippen molar-refractivity contribution in [2.75, 3.05) is 23.3 Å². The molecule has 7 heteroatoms. The number of aromatic nitrogens is 3. The molecule has 1 aliphatic rings. The van der Waals surface area contributed by atoms with Gasteiger partial charge in [0.05, 0.1) is 0 Å². The molecular formula is C22H25N5O2. The van der Waals surface area contributed by atoms with E-state index in [1.54, 1.807) is 19.1 Å². The number of rotatable bonds is 5. The summed E-state index contributed by atoms with van der Waals surface area (Å²) in [6.07, 6.45) is 3.33. The summed E-state index contributed by atoms with van der Waals surface area (Å²) in [7, 11) is 0. The molecule has 4 rings (SSSR count). The average Bonchev–Trinajstić information content (AvgIpc) is 3.13. The highest BCUT2D eigenvalue weighted by atomic mass is 16.5. The number of amides is 1. The van der Waals surface area contributed by atoms with Crippen LogP contribution in [0.15, 0.2) is 47.0 Å². The number of anilines is 2. The Hall–Kier alpha value is -3.22. The fourth-order valence-electron chi connectivity index (χ4n) is 3.75. The summed E-state index contributed by atoms with van der Waals surface area (Å²) in [5.41, 5.74) is 1.73. The largest absolute Gasteiger partial charge is 0.360 e. The molecule has 0 spiro atoms. The lowest BCUT2D eigenvalue weighted by atomic mass is 9.90. The number of hydrogen-bond acceptors (Lipinski definition) is 6. The molecule has 0 radical (unpaired) electrons. The van der Waals surface area contributed by atoms with Crippen LogP contribution in [0, 0.1) is 19.8 Å². The van der Waals surface area contributed by atoms with Crippen LogP contribution in [-0.2, 0) is 6.42 Å². The van der Waals surface area contributed by atoms with Gasteiger partial charge in [-0.1, -0.05) is 35.5 Å². The molecule has 0 aliphatic carbocycles. The monoisotopic (exact) mass is 391 g/mol. The fraction of sp³-hybridized carbons (Fsp3) is 0.364. The molecule has 1 amide bonds. The normalized spacial score (nSPS) is 14.8. The third-order valence-corrected chi connectivity index (χ3v) is 5.23. The Kier molecular flexibility index (Phi) is 5.55. The number of carbonyl (C=O) groups is 1. The van der Waals surface area contributed by atoms with Crippen LogP contribution in [0.4, 0.5) is 11.6 Å². The number of piperidine rings is 1. The van der Waals surface area contributed by atoms with Gasteiger partial charge in [0.1, 0.15) is 23.1 Å². The van der Waals surface area contributed by atoms with Crippen molar-refractivity contribution < 1.29 is 9.32 Å². The highest BCUT2D eigenvalue weighted by Gasteiger charge is 2.22. The molecule has 1 aliphatic heterocycles. The predicted octanol–water partition coefficient (Wildman–Crippen LogP) is 3.79. The number of nitrogens with zero attached hydrogens (tertiary/aromatic N) is 4. The van der Waals surface area contributed by atoms with Gasteiger partial charge >= 0.3 is 0 Å². The van der Waals surface area contributed by atoms with Gasteiger partial charge in [-0.2, -0.15) is 0 Å². The molecule has 0 saturated carbocycles. The van der Waals surface area contributed by atoms with Crippen LogP contribution in [-0.4, -0.2) is 34.1 Å². The van der Waals surface area contributed by atoms with Gasteiger partial charge in [-0.3, -0.25) is 4.79 Å². The van der Waals surface area contributed by atoms with Crippen LogP contribution in [0.3, 0.4) is 0 Å². The van der Waals surface area contributed by atoms with Crippen LogP contribution in [0.25, 0.3) is 0 Å². The Labute approximate surface area is 170 Å². The molecule has 3 aromatic rings. The first-order valence-corrected chi connectivity index (χ1v) is 9.96. The number of benzene rings is 1. The zero-order valence-corrected chi connectivity index (χ0v) is 16.8. The van der Waals surface area contributed by atoms with Crippen molar-refractivity contribution >= 4 is 17.5 Å². The zero-order valence-electron chi connectivity index (χ0n) is 16.8. The number of hydrogen-bond donors (Lipinski definition) is 1. The number of aryl methyl sites for hydroxylation is 2. The molecule has 1 aromatic carbocycles. The molecule has 1 N–H and O–H groups in total. The maximum Gasteiger partial charge on any atom is 0.275 e. The first-order valence-electron chi connectivity index (χ1n) is 9.96. The van der Waals surface area contributed by atoms with Gasteiger partial charge in [0.15, 0.2) is 5.82 Å². The van der Waals surface area contributed by atoms with E-state index in [1.165, 1.54) is 5.56 Å². The Morgan fingerprint density at radius 1 is 1.14 bits per heavy atom. The Bertz CT molecular complexity index is 978. The average molecular weight is 391 g/mol. The minimum atomic E-state index is -0.316. The van der Waals surface area contributed by atoms with Gasteiger partial charge in [-0.05, 0) is 44.6 Å². The second kappa shape index (κ2) is 8.43. The van der Waals surface area contributed by atoms with Crippen LogP contribution >= 0.6 is 0 Å². The molecule has 1 fully saturated rings. The van der Waals surface area contributed by atoms with Crippen LogP contribution in [0.5, 0.6) is 0 Å². The summed E-state index contributed by atoms with van der Waals surface area (Å²) in [6, 6.07) is 14.1. The van der Waals surface area contributed by atoms with Crippen molar-refractivity contribution in [3.05, 3.63) is 65.3 Å². The van der Waals surface area contributed by atoms with E-state index in [9.17, 15) is 4.79 Å². The third-order valence-electron chi connectivity index (χ3n) is 5.23. The summed E-state index contributed by atoms with van der Waals surface area (Å²) in [6.45, 7) is 5.44. The second-order valence-corrected chi connectivity index (χ2v) is 7.56. The van der Waals surface area contributed by atoms with Crippen molar-refractivity contribution in [2.45, 2.75) is 33.1 Å². The zero-order chi connectivity index (χ0) is 20.2. The van der Waals surface area contributed by atoms with E-state index in [0.29, 0.717) is 29.0 Å². The van der Waals surface area contributed by atoms with E-state index in [0.717, 1.165) is 38.2 Å². The van der Waals surface area contributed by atoms with Gasteiger partial charge in [0.2, 0.25) is 0 Å². The first kappa shape index (κ1) is 19.1. The summed E-state index contributed by atoms with van der Waals surface area (Å²) in [4.78, 5) is 23.7. The van der Waals surface area contributed by atoms with Gasteiger partial charge in [-0.25, -0.2) is 9.97 Å². The highest BCUT2D eigenvalue weighted by Crippen LogP contribution is 2.25. The second-order valence-electron chi connectivity index (χ2n) is 7.56. The molecular weight excluding hydrogens is 366 g/mol. The van der Waals surface area contributed by atoms with E-state index in [4.69, 9.17) is 4.52 Å². The number of nitrogens with one attached hydrogen (secondary N) is 1. The lowest BCUT2D eigenvalue weighted by molar-refractivity contribution is 0.102. The van der Waals surface area contributed by atoms with E-state index < -0.39 is 0 Å². The SMILES string of the molecule is Cc1nc(C(=O)Nc2cc(C)on2)cc(N2CCC(Cc3ccccc3)CC2)n1. The third kappa shape index (κ3) is 4.80. The predicted molar refractivity (Wildman–Crippen MR) is 111 cm³/mol. The molecule has 0 bridgehead atoms. The highest BCUT2D eigenvalue weighted by molar-refractivity contribution is 6.02. The summed E-state index contributed by atoms with van der Waals surface area (Å²) in [5, 5.41) is 6.52. The Morgan fingerprint density at radius 2 is 1.90 bits per heavy atom. The first-order chi connectivity index (χ1) is 14.1. The van der Waals surface area contributed by atoms with E-state index in [-0.39, 0.29) is 5.91 Å².